The third-order valence-corrected chi connectivity index (χ3v) is 5.95. The Morgan fingerprint density at radius 3 is 2.88 bits per heavy atom. The van der Waals surface area contributed by atoms with Crippen LogP contribution in [-0.2, 0) is 5.54 Å². The Kier molecular flexibility index (Phi) is 5.78. The molecule has 0 amide bonds. The lowest BCUT2D eigenvalue weighted by molar-refractivity contribution is 0.174. The second-order valence-electron chi connectivity index (χ2n) is 7.69. The monoisotopic (exact) mass is 464 g/mol. The molecule has 0 bridgehead atoms. The van der Waals surface area contributed by atoms with Gasteiger partial charge in [-0.3, -0.25) is 14.4 Å². The number of benzene rings is 2. The van der Waals surface area contributed by atoms with Crippen LogP contribution >= 0.6 is 11.6 Å². The number of nitrogens with zero attached hydrogens (tertiary/aromatic N) is 4. The molecule has 33 heavy (non-hydrogen) atoms. The third kappa shape index (κ3) is 3.79. The maximum atomic E-state index is 13.8. The first-order valence-corrected chi connectivity index (χ1v) is 10.6. The van der Waals surface area contributed by atoms with Crippen LogP contribution in [-0.4, -0.2) is 28.4 Å². The summed E-state index contributed by atoms with van der Waals surface area (Å²) in [5, 5.41) is 17.3. The highest BCUT2D eigenvalue weighted by Crippen LogP contribution is 2.36. The second kappa shape index (κ2) is 8.56. The van der Waals surface area contributed by atoms with Crippen molar-refractivity contribution in [1.82, 2.24) is 9.55 Å². The van der Waals surface area contributed by atoms with Gasteiger partial charge >= 0.3 is 0 Å². The van der Waals surface area contributed by atoms with E-state index in [2.05, 4.69) is 4.99 Å². The molecule has 10 heteroatoms. The zero-order valence-electron chi connectivity index (χ0n) is 18.0. The largest absolute Gasteiger partial charge is 0.454 e. The van der Waals surface area contributed by atoms with Crippen LogP contribution in [0.25, 0.3) is 16.6 Å². The highest BCUT2D eigenvalue weighted by atomic mass is 35.5. The molecular formula is C23H21ClN6O3. The summed E-state index contributed by atoms with van der Waals surface area (Å²) in [5.41, 5.74) is 5.52. The topological polar surface area (TPSA) is 139 Å². The number of ether oxygens (including phenoxy) is 2. The summed E-state index contributed by atoms with van der Waals surface area (Å²) in [7, 11) is 0. The lowest BCUT2D eigenvalue weighted by Gasteiger charge is -2.28. The van der Waals surface area contributed by atoms with Crippen molar-refractivity contribution in [2.24, 2.45) is 16.6 Å². The first-order valence-electron chi connectivity index (χ1n) is 10.2. The van der Waals surface area contributed by atoms with Crippen molar-refractivity contribution in [3.63, 3.8) is 0 Å². The highest BCUT2D eigenvalue weighted by Gasteiger charge is 2.33. The third-order valence-electron chi connectivity index (χ3n) is 5.63. The van der Waals surface area contributed by atoms with E-state index in [9.17, 15) is 10.1 Å². The van der Waals surface area contributed by atoms with E-state index < -0.39 is 11.5 Å². The predicted molar refractivity (Wildman–Crippen MR) is 126 cm³/mol. The first kappa shape index (κ1) is 22.3. The summed E-state index contributed by atoms with van der Waals surface area (Å²) < 4.78 is 12.3. The van der Waals surface area contributed by atoms with Gasteiger partial charge in [-0.2, -0.15) is 5.26 Å². The van der Waals surface area contributed by atoms with Crippen molar-refractivity contribution in [3.05, 3.63) is 57.6 Å². The van der Waals surface area contributed by atoms with Gasteiger partial charge in [-0.25, -0.2) is 4.98 Å². The quantitative estimate of drug-likeness (QED) is 0.422. The molecule has 2 unspecified atom stereocenters. The lowest BCUT2D eigenvalue weighted by atomic mass is 9.96. The average Bonchev–Trinajstić information content (AvgIpc) is 3.27. The van der Waals surface area contributed by atoms with Gasteiger partial charge in [0.05, 0.1) is 27.7 Å². The molecule has 0 spiro atoms. The number of nitriles is 1. The van der Waals surface area contributed by atoms with Crippen molar-refractivity contribution >= 4 is 34.6 Å². The minimum absolute atomic E-state index is 0.0328. The molecule has 0 fully saturated rings. The van der Waals surface area contributed by atoms with Crippen LogP contribution in [0.4, 0.5) is 0 Å². The summed E-state index contributed by atoms with van der Waals surface area (Å²) in [6.07, 6.45) is 1.33. The number of rotatable bonds is 6. The van der Waals surface area contributed by atoms with E-state index in [0.29, 0.717) is 34.9 Å². The number of hydrogen-bond acceptors (Lipinski definition) is 7. The molecule has 3 N–H and O–H groups in total. The number of fused-ring (bicyclic) bond motifs is 2. The van der Waals surface area contributed by atoms with E-state index in [1.807, 2.05) is 13.0 Å². The molecule has 2 aromatic carbocycles. The predicted octanol–water partition coefficient (Wildman–Crippen LogP) is 3.54. The second-order valence-corrected chi connectivity index (χ2v) is 8.09. The zero-order valence-corrected chi connectivity index (χ0v) is 18.8. The molecule has 0 saturated heterocycles. The first-order chi connectivity index (χ1) is 15.8. The van der Waals surface area contributed by atoms with Gasteiger partial charge in [-0.05, 0) is 37.6 Å². The summed E-state index contributed by atoms with van der Waals surface area (Å²) >= 11 is 6.37. The molecule has 2 atom stereocenters. The molecule has 9 nitrogen and oxygen atoms in total. The summed E-state index contributed by atoms with van der Waals surface area (Å²) in [6.45, 7) is 3.75. The fourth-order valence-corrected chi connectivity index (χ4v) is 3.90. The number of amidine groups is 1. The fourth-order valence-electron chi connectivity index (χ4n) is 3.65. The van der Waals surface area contributed by atoms with Gasteiger partial charge in [0.25, 0.3) is 5.56 Å². The average molecular weight is 465 g/mol. The van der Waals surface area contributed by atoms with E-state index >= 15 is 0 Å². The summed E-state index contributed by atoms with van der Waals surface area (Å²) in [5.74, 6) is 0.363. The maximum Gasteiger partial charge on any atom is 0.267 e. The Balaban J connectivity index is 2.06. The van der Waals surface area contributed by atoms with Crippen molar-refractivity contribution in [1.29, 1.82) is 10.7 Å². The molecule has 0 aliphatic carbocycles. The molecule has 4 rings (SSSR count). The number of hydrogen-bond donors (Lipinski definition) is 2. The van der Waals surface area contributed by atoms with Crippen LogP contribution in [0.2, 0.25) is 5.02 Å². The van der Waals surface area contributed by atoms with Crippen molar-refractivity contribution in [2.75, 3.05) is 6.79 Å². The molecular weight excluding hydrogens is 444 g/mol. The van der Waals surface area contributed by atoms with Crippen molar-refractivity contribution in [3.8, 4) is 23.3 Å². The normalized spacial score (nSPS) is 15.6. The number of nitrogens with one attached hydrogen (secondary N) is 1. The molecule has 3 aromatic rings. The van der Waals surface area contributed by atoms with Gasteiger partial charge in [0.2, 0.25) is 6.79 Å². The highest BCUT2D eigenvalue weighted by molar-refractivity contribution is 6.35. The van der Waals surface area contributed by atoms with Crippen LogP contribution in [0.5, 0.6) is 11.5 Å². The SMILES string of the molecule is CCC(C)(N=C(N)C(C#N)C=N)c1nc2cccc(Cl)c2c(=O)n1-c1ccc2c(c1)OCO2. The van der Waals surface area contributed by atoms with Crippen LogP contribution in [0, 0.1) is 22.7 Å². The number of aromatic nitrogens is 2. The van der Waals surface area contributed by atoms with Gasteiger partial charge in [0, 0.05) is 12.3 Å². The molecule has 168 valence electrons. The summed E-state index contributed by atoms with van der Waals surface area (Å²) in [4.78, 5) is 23.1. The Morgan fingerprint density at radius 1 is 1.42 bits per heavy atom. The number of nitrogens with two attached hydrogens (primary N) is 1. The molecule has 2 heterocycles. The number of aliphatic imine (C=N–C) groups is 1. The molecule has 0 radical (unpaired) electrons. The van der Waals surface area contributed by atoms with Gasteiger partial charge in [0.15, 0.2) is 11.5 Å². The van der Waals surface area contributed by atoms with Gasteiger partial charge < -0.3 is 20.6 Å². The smallest absolute Gasteiger partial charge is 0.267 e. The molecule has 1 aliphatic heterocycles. The van der Waals surface area contributed by atoms with Crippen molar-refractivity contribution < 1.29 is 9.47 Å². The van der Waals surface area contributed by atoms with Crippen LogP contribution in [0.1, 0.15) is 26.1 Å². The lowest BCUT2D eigenvalue weighted by Crippen LogP contribution is -2.36. The molecule has 0 saturated carbocycles. The van der Waals surface area contributed by atoms with Gasteiger partial charge in [-0.1, -0.05) is 24.6 Å². The minimum atomic E-state index is -1.09. The Hall–Kier alpha value is -3.90. The standard InChI is InChI=1S/C23H21ClN6O3/c1-3-23(2,29-20(27)13(10-25)11-26)22-28-16-6-4-5-15(24)19(16)21(31)30(22)14-7-8-17-18(9-14)33-12-32-17/h4-10,13,25H,3,12H2,1-2H3,(H2,27,29). The van der Waals surface area contributed by atoms with Crippen LogP contribution in [0.3, 0.4) is 0 Å². The van der Waals surface area contributed by atoms with Gasteiger partial charge in [-0.15, -0.1) is 0 Å². The van der Waals surface area contributed by atoms with E-state index in [0.717, 1.165) is 6.21 Å². The Labute approximate surface area is 194 Å². The van der Waals surface area contributed by atoms with E-state index in [4.69, 9.17) is 37.2 Å². The Bertz CT molecular complexity index is 1390. The maximum absolute atomic E-state index is 13.8. The Morgan fingerprint density at radius 2 is 2.18 bits per heavy atom. The molecule has 1 aliphatic rings. The van der Waals surface area contributed by atoms with E-state index in [1.165, 1.54) is 4.57 Å². The van der Waals surface area contributed by atoms with Gasteiger partial charge in [0.1, 0.15) is 23.1 Å². The number of halogens is 1. The van der Waals surface area contributed by atoms with Crippen LogP contribution < -0.4 is 20.8 Å². The zero-order chi connectivity index (χ0) is 23.8. The fraction of sp³-hybridized carbons (Fsp3) is 0.261. The minimum Gasteiger partial charge on any atom is -0.454 e. The van der Waals surface area contributed by atoms with Crippen LogP contribution in [0.15, 0.2) is 46.2 Å². The summed E-state index contributed by atoms with van der Waals surface area (Å²) in [6, 6.07) is 12.1. The van der Waals surface area contributed by atoms with Crippen molar-refractivity contribution in [2.45, 2.75) is 25.8 Å². The molecule has 1 aromatic heterocycles. The van der Waals surface area contributed by atoms with E-state index in [-0.39, 0.29) is 28.6 Å². The van der Waals surface area contributed by atoms with E-state index in [1.54, 1.807) is 43.3 Å².